The fourth-order valence-corrected chi connectivity index (χ4v) is 2.18. The van der Waals surface area contributed by atoms with E-state index in [0.717, 1.165) is 0 Å². The predicted octanol–water partition coefficient (Wildman–Crippen LogP) is -1.15. The predicted molar refractivity (Wildman–Crippen MR) is 60.9 cm³/mol. The number of carbonyl (C=O) groups excluding carboxylic acids is 1. The van der Waals surface area contributed by atoms with Crippen molar-refractivity contribution in [2.45, 2.75) is 37.0 Å². The summed E-state index contributed by atoms with van der Waals surface area (Å²) >= 11 is 0. The summed E-state index contributed by atoms with van der Waals surface area (Å²) < 4.78 is 10.4. The Morgan fingerprint density at radius 3 is 2.78 bits per heavy atom. The molecular formula is C11H18N2O5. The van der Waals surface area contributed by atoms with Crippen LogP contribution in [0.2, 0.25) is 0 Å². The van der Waals surface area contributed by atoms with E-state index >= 15 is 0 Å². The smallest absolute Gasteiger partial charge is 0.332 e. The summed E-state index contributed by atoms with van der Waals surface area (Å²) in [7, 11) is 0. The molecule has 4 N–H and O–H groups in total. The second-order valence-corrected chi connectivity index (χ2v) is 4.83. The summed E-state index contributed by atoms with van der Waals surface area (Å²) in [5.41, 5.74) is 4.94. The van der Waals surface area contributed by atoms with E-state index in [-0.39, 0.29) is 18.6 Å². The third-order valence-electron chi connectivity index (χ3n) is 3.38. The van der Waals surface area contributed by atoms with Crippen LogP contribution in [-0.4, -0.2) is 54.5 Å². The van der Waals surface area contributed by atoms with E-state index in [0.29, 0.717) is 32.4 Å². The molecule has 2 saturated heterocycles. The molecule has 0 bridgehead atoms. The number of ether oxygens (including phenoxy) is 2. The van der Waals surface area contributed by atoms with Crippen LogP contribution in [0.3, 0.4) is 0 Å². The van der Waals surface area contributed by atoms with Crippen molar-refractivity contribution in [3.05, 3.63) is 0 Å². The minimum Gasteiger partial charge on any atom is -0.479 e. The van der Waals surface area contributed by atoms with Crippen molar-refractivity contribution in [3.8, 4) is 0 Å². The van der Waals surface area contributed by atoms with Crippen molar-refractivity contribution in [1.29, 1.82) is 0 Å². The second kappa shape index (κ2) is 5.21. The van der Waals surface area contributed by atoms with Gasteiger partial charge in [-0.2, -0.15) is 0 Å². The lowest BCUT2D eigenvalue weighted by atomic mass is 9.99. The van der Waals surface area contributed by atoms with Crippen molar-refractivity contribution in [2.75, 3.05) is 19.8 Å². The minimum atomic E-state index is -0.955. The minimum absolute atomic E-state index is 0.224. The Morgan fingerprint density at radius 1 is 1.44 bits per heavy atom. The maximum absolute atomic E-state index is 11.9. The van der Waals surface area contributed by atoms with Gasteiger partial charge in [0, 0.05) is 13.2 Å². The van der Waals surface area contributed by atoms with Crippen molar-refractivity contribution >= 4 is 11.9 Å². The van der Waals surface area contributed by atoms with Gasteiger partial charge in [-0.1, -0.05) is 0 Å². The topological polar surface area (TPSA) is 111 Å². The van der Waals surface area contributed by atoms with Crippen LogP contribution in [0, 0.1) is 0 Å². The quantitative estimate of drug-likeness (QED) is 0.587. The number of nitrogens with two attached hydrogens (primary N) is 1. The van der Waals surface area contributed by atoms with E-state index < -0.39 is 17.6 Å². The number of carboxylic acid groups (broad SMARTS) is 1. The van der Waals surface area contributed by atoms with E-state index in [1.54, 1.807) is 0 Å². The summed E-state index contributed by atoms with van der Waals surface area (Å²) in [4.78, 5) is 22.5. The summed E-state index contributed by atoms with van der Waals surface area (Å²) in [6.45, 7) is 1.01. The van der Waals surface area contributed by atoms with Crippen LogP contribution >= 0.6 is 0 Å². The third kappa shape index (κ3) is 2.80. The normalized spacial score (nSPS) is 35.6. The number of carboxylic acids is 1. The van der Waals surface area contributed by atoms with Crippen LogP contribution in [0.15, 0.2) is 0 Å². The molecule has 2 aliphatic heterocycles. The fraction of sp³-hybridized carbons (Fsp3) is 0.818. The molecule has 0 spiro atoms. The maximum atomic E-state index is 11.9. The molecule has 2 fully saturated rings. The number of amides is 1. The lowest BCUT2D eigenvalue weighted by molar-refractivity contribution is -0.149. The average Bonchev–Trinajstić information content (AvgIpc) is 2.95. The standard InChI is InChI=1S/C11H18N2O5/c12-11(3-4-17-6-11)10(16)13-5-7-1-2-8(18-7)9(14)15/h7-8H,1-6,12H2,(H,13,16)(H,14,15). The number of rotatable bonds is 4. The van der Waals surface area contributed by atoms with Crippen LogP contribution in [0.4, 0.5) is 0 Å². The van der Waals surface area contributed by atoms with Crippen LogP contribution < -0.4 is 11.1 Å². The van der Waals surface area contributed by atoms with Gasteiger partial charge in [0.25, 0.3) is 0 Å². The van der Waals surface area contributed by atoms with Gasteiger partial charge in [-0.15, -0.1) is 0 Å². The third-order valence-corrected chi connectivity index (χ3v) is 3.38. The van der Waals surface area contributed by atoms with Crippen LogP contribution in [0.25, 0.3) is 0 Å². The Labute approximate surface area is 105 Å². The molecule has 0 saturated carbocycles. The lowest BCUT2D eigenvalue weighted by Crippen LogP contribution is -2.55. The summed E-state index contributed by atoms with van der Waals surface area (Å²) in [6.07, 6.45) is 0.606. The highest BCUT2D eigenvalue weighted by atomic mass is 16.5. The molecule has 0 aromatic carbocycles. The molecule has 7 nitrogen and oxygen atoms in total. The Hall–Kier alpha value is -1.18. The monoisotopic (exact) mass is 258 g/mol. The first-order valence-corrected chi connectivity index (χ1v) is 6.04. The molecule has 1 amide bonds. The van der Waals surface area contributed by atoms with Gasteiger partial charge in [-0.25, -0.2) is 4.79 Å². The van der Waals surface area contributed by atoms with E-state index in [9.17, 15) is 9.59 Å². The Bertz CT molecular complexity index is 340. The largest absolute Gasteiger partial charge is 0.479 e. The van der Waals surface area contributed by atoms with Gasteiger partial charge in [0.2, 0.25) is 5.91 Å². The molecular weight excluding hydrogens is 240 g/mol. The van der Waals surface area contributed by atoms with Crippen LogP contribution in [-0.2, 0) is 19.1 Å². The maximum Gasteiger partial charge on any atom is 0.332 e. The zero-order chi connectivity index (χ0) is 13.2. The number of hydrogen-bond donors (Lipinski definition) is 3. The SMILES string of the molecule is NC1(C(=O)NCC2CCC(C(=O)O)O2)CCOC1. The first kappa shape index (κ1) is 13.3. The molecule has 102 valence electrons. The van der Waals surface area contributed by atoms with E-state index in [1.165, 1.54) is 0 Å². The zero-order valence-corrected chi connectivity index (χ0v) is 10.1. The van der Waals surface area contributed by atoms with Crippen molar-refractivity contribution in [2.24, 2.45) is 5.73 Å². The van der Waals surface area contributed by atoms with Gasteiger partial charge in [0.05, 0.1) is 12.7 Å². The number of carbonyl (C=O) groups is 2. The number of aliphatic carboxylic acids is 1. The van der Waals surface area contributed by atoms with Gasteiger partial charge in [0.1, 0.15) is 5.54 Å². The molecule has 2 heterocycles. The molecule has 0 aromatic heterocycles. The van der Waals surface area contributed by atoms with E-state index in [4.69, 9.17) is 20.3 Å². The molecule has 2 rings (SSSR count). The van der Waals surface area contributed by atoms with Gasteiger partial charge in [-0.3, -0.25) is 4.79 Å². The van der Waals surface area contributed by atoms with Crippen molar-refractivity contribution in [3.63, 3.8) is 0 Å². The van der Waals surface area contributed by atoms with E-state index in [1.807, 2.05) is 0 Å². The van der Waals surface area contributed by atoms with Gasteiger partial charge < -0.3 is 25.6 Å². The molecule has 3 atom stereocenters. The number of hydrogen-bond acceptors (Lipinski definition) is 5. The van der Waals surface area contributed by atoms with Gasteiger partial charge in [-0.05, 0) is 19.3 Å². The molecule has 0 aliphatic carbocycles. The second-order valence-electron chi connectivity index (χ2n) is 4.83. The molecule has 18 heavy (non-hydrogen) atoms. The first-order valence-electron chi connectivity index (χ1n) is 6.04. The fourth-order valence-electron chi connectivity index (χ4n) is 2.18. The van der Waals surface area contributed by atoms with E-state index in [2.05, 4.69) is 5.32 Å². The average molecular weight is 258 g/mol. The Morgan fingerprint density at radius 2 is 2.22 bits per heavy atom. The zero-order valence-electron chi connectivity index (χ0n) is 10.1. The van der Waals surface area contributed by atoms with Crippen LogP contribution in [0.5, 0.6) is 0 Å². The van der Waals surface area contributed by atoms with Crippen LogP contribution in [0.1, 0.15) is 19.3 Å². The molecule has 3 unspecified atom stereocenters. The summed E-state index contributed by atoms with van der Waals surface area (Å²) in [5, 5.41) is 11.5. The highest BCUT2D eigenvalue weighted by Gasteiger charge is 2.39. The Balaban J connectivity index is 1.75. The van der Waals surface area contributed by atoms with Gasteiger partial charge >= 0.3 is 5.97 Å². The van der Waals surface area contributed by atoms with Gasteiger partial charge in [0.15, 0.2) is 6.10 Å². The highest BCUT2D eigenvalue weighted by molar-refractivity contribution is 5.86. The summed E-state index contributed by atoms with van der Waals surface area (Å²) in [5.74, 6) is -1.22. The number of nitrogens with one attached hydrogen (secondary N) is 1. The summed E-state index contributed by atoms with van der Waals surface area (Å²) in [6, 6.07) is 0. The van der Waals surface area contributed by atoms with Crippen molar-refractivity contribution < 1.29 is 24.2 Å². The Kier molecular flexibility index (Phi) is 3.84. The highest BCUT2D eigenvalue weighted by Crippen LogP contribution is 2.20. The molecule has 0 radical (unpaired) electrons. The van der Waals surface area contributed by atoms with Crippen molar-refractivity contribution in [1.82, 2.24) is 5.32 Å². The molecule has 2 aliphatic rings. The first-order chi connectivity index (χ1) is 8.51. The molecule has 7 heteroatoms. The molecule has 0 aromatic rings. The lowest BCUT2D eigenvalue weighted by Gasteiger charge is -2.22.